The molecule has 0 radical (unpaired) electrons. The largest absolute Gasteiger partial charge is 0.466 e. The molecule has 2 N–H and O–H groups in total. The fourth-order valence-corrected chi connectivity index (χ4v) is 8.66. The van der Waals surface area contributed by atoms with Crippen molar-refractivity contribution in [2.24, 2.45) is 5.14 Å². The minimum Gasteiger partial charge on any atom is -0.466 e. The second-order valence-corrected chi connectivity index (χ2v) is 19.4. The minimum atomic E-state index is -3.67. The average molecular weight is 870 g/mol. The first-order valence-corrected chi connectivity index (χ1v) is 27.1. The van der Waals surface area contributed by atoms with Gasteiger partial charge in [-0.3, -0.25) is 9.59 Å². The highest BCUT2D eigenvalue weighted by molar-refractivity contribution is 7.92. The number of carbonyl (C=O) groups is 2. The second-order valence-electron chi connectivity index (χ2n) is 18.0. The van der Waals surface area contributed by atoms with Crippen molar-refractivity contribution < 1.29 is 27.5 Å². The number of nitrogens with two attached hydrogens (primary N) is 1. The maximum absolute atomic E-state index is 12.9. The predicted molar refractivity (Wildman–Crippen MR) is 255 cm³/mol. The first-order chi connectivity index (χ1) is 29.0. The Hall–Kier alpha value is -1.65. The maximum Gasteiger partial charge on any atom is 0.306 e. The van der Waals surface area contributed by atoms with Crippen LogP contribution in [0.4, 0.5) is 0 Å². The van der Waals surface area contributed by atoms with E-state index in [2.05, 4.69) is 25.7 Å². The molecule has 0 bridgehead atoms. The van der Waals surface area contributed by atoms with Crippen LogP contribution in [-0.2, 0) is 29.1 Å². The van der Waals surface area contributed by atoms with E-state index in [0.29, 0.717) is 25.9 Å². The zero-order valence-corrected chi connectivity index (χ0v) is 41.1. The van der Waals surface area contributed by atoms with Gasteiger partial charge in [0.15, 0.2) is 0 Å². The fraction of sp³-hybridized carbons (Fsp3) is 0.920. The molecule has 9 nitrogen and oxygen atoms in total. The molecular formula is C50H99N3O6S. The SMILES string of the molecule is CCCCCCCCCOC(=O)CCCCCCCN(CCCCCCCC(=O)OC(CCCCCCCC)CCCCCCCC)CCCC/C(=C/S(N)(=O)=O)N(C)C. The molecule has 356 valence electrons. The van der Waals surface area contributed by atoms with E-state index >= 15 is 0 Å². The molecule has 0 aromatic heterocycles. The van der Waals surface area contributed by atoms with Crippen molar-refractivity contribution in [1.29, 1.82) is 0 Å². The van der Waals surface area contributed by atoms with Gasteiger partial charge in [-0.15, -0.1) is 0 Å². The van der Waals surface area contributed by atoms with Crippen LogP contribution in [0.3, 0.4) is 0 Å². The summed E-state index contributed by atoms with van der Waals surface area (Å²) in [5, 5.41) is 6.48. The maximum atomic E-state index is 12.9. The molecule has 0 fully saturated rings. The number of esters is 2. The molecule has 0 amide bonds. The van der Waals surface area contributed by atoms with E-state index in [9.17, 15) is 18.0 Å². The Bertz CT molecular complexity index is 1100. The average Bonchev–Trinajstić information content (AvgIpc) is 3.20. The molecular weight excluding hydrogens is 771 g/mol. The molecule has 0 aliphatic carbocycles. The van der Waals surface area contributed by atoms with Crippen LogP contribution in [0.5, 0.6) is 0 Å². The summed E-state index contributed by atoms with van der Waals surface area (Å²) in [7, 11) is 0.0470. The number of hydrogen-bond acceptors (Lipinski definition) is 8. The molecule has 0 rings (SSSR count). The fourth-order valence-electron chi connectivity index (χ4n) is 7.95. The van der Waals surface area contributed by atoms with E-state index in [1.54, 1.807) is 0 Å². The van der Waals surface area contributed by atoms with Crippen LogP contribution in [-0.4, -0.2) is 76.6 Å². The van der Waals surface area contributed by atoms with Crippen LogP contribution in [0, 0.1) is 0 Å². The Labute approximate surface area is 372 Å². The van der Waals surface area contributed by atoms with Gasteiger partial charge in [0.25, 0.3) is 0 Å². The van der Waals surface area contributed by atoms with Crippen LogP contribution in [0.1, 0.15) is 252 Å². The van der Waals surface area contributed by atoms with E-state index in [4.69, 9.17) is 14.6 Å². The van der Waals surface area contributed by atoms with Gasteiger partial charge in [0.2, 0.25) is 10.0 Å². The number of allylic oxidation sites excluding steroid dienone is 1. The molecule has 0 aromatic carbocycles. The van der Waals surface area contributed by atoms with Gasteiger partial charge in [0.1, 0.15) is 6.10 Å². The second kappa shape index (κ2) is 42.6. The number of nitrogens with zero attached hydrogens (tertiary/aromatic N) is 2. The third kappa shape index (κ3) is 41.7. The highest BCUT2D eigenvalue weighted by Gasteiger charge is 2.15. The Morgan fingerprint density at radius 1 is 0.500 bits per heavy atom. The summed E-state index contributed by atoms with van der Waals surface area (Å²) in [5.74, 6) is -0.0483. The highest BCUT2D eigenvalue weighted by atomic mass is 32.2. The standard InChI is InChI=1S/C50H99N3O6S/c1-6-9-12-15-18-27-36-45-58-49(54)40-30-23-19-25-33-42-53(44-35-32-37-47(52(4)5)46-60(51,56)57)43-34-26-20-24-31-41-50(55)59-48(38-28-21-16-13-10-7-2)39-29-22-17-14-11-8-3/h46,48H,6-45H2,1-5H3,(H2,51,56,57)/b47-46-. The molecule has 0 aliphatic rings. The normalized spacial score (nSPS) is 12.2. The van der Waals surface area contributed by atoms with Gasteiger partial charge in [-0.05, 0) is 96.7 Å². The predicted octanol–water partition coefficient (Wildman–Crippen LogP) is 13.5. The van der Waals surface area contributed by atoms with Crippen molar-refractivity contribution in [1.82, 2.24) is 9.80 Å². The zero-order chi connectivity index (χ0) is 44.4. The van der Waals surface area contributed by atoms with Crippen LogP contribution < -0.4 is 5.14 Å². The lowest BCUT2D eigenvalue weighted by molar-refractivity contribution is -0.150. The smallest absolute Gasteiger partial charge is 0.306 e. The molecule has 10 heteroatoms. The topological polar surface area (TPSA) is 119 Å². The molecule has 0 spiro atoms. The minimum absolute atomic E-state index is 0.00166. The third-order valence-corrected chi connectivity index (χ3v) is 12.4. The molecule has 0 saturated carbocycles. The summed E-state index contributed by atoms with van der Waals surface area (Å²) in [6.45, 7) is 10.4. The number of rotatable bonds is 46. The molecule has 0 heterocycles. The number of ether oxygens (including phenoxy) is 2. The van der Waals surface area contributed by atoms with Crippen molar-refractivity contribution in [3.63, 3.8) is 0 Å². The molecule has 0 atom stereocenters. The summed E-state index contributed by atoms with van der Waals surface area (Å²) in [6.07, 6.45) is 40.3. The van der Waals surface area contributed by atoms with Crippen LogP contribution in [0.25, 0.3) is 0 Å². The number of carbonyl (C=O) groups excluding carboxylic acids is 2. The lowest BCUT2D eigenvalue weighted by Gasteiger charge is -2.23. The Balaban J connectivity index is 4.62. The quantitative estimate of drug-likeness (QED) is 0.0474. The molecule has 0 unspecified atom stereocenters. The van der Waals surface area contributed by atoms with Crippen molar-refractivity contribution in [2.75, 3.05) is 40.3 Å². The van der Waals surface area contributed by atoms with E-state index in [1.807, 2.05) is 19.0 Å². The number of unbranched alkanes of at least 4 members (excludes halogenated alkanes) is 25. The lowest BCUT2D eigenvalue weighted by atomic mass is 10.0. The number of hydrogen-bond donors (Lipinski definition) is 1. The Morgan fingerprint density at radius 2 is 0.867 bits per heavy atom. The molecule has 0 aromatic rings. The van der Waals surface area contributed by atoms with E-state index in [0.717, 1.165) is 128 Å². The van der Waals surface area contributed by atoms with Gasteiger partial charge >= 0.3 is 11.9 Å². The van der Waals surface area contributed by atoms with E-state index < -0.39 is 10.0 Å². The van der Waals surface area contributed by atoms with Crippen molar-refractivity contribution in [3.8, 4) is 0 Å². The van der Waals surface area contributed by atoms with Gasteiger partial charge < -0.3 is 19.3 Å². The van der Waals surface area contributed by atoms with Gasteiger partial charge in [0.05, 0.1) is 12.0 Å². The third-order valence-electron chi connectivity index (χ3n) is 11.8. The van der Waals surface area contributed by atoms with Crippen LogP contribution in [0.15, 0.2) is 11.1 Å². The first-order valence-electron chi connectivity index (χ1n) is 25.5. The number of sulfonamides is 1. The van der Waals surface area contributed by atoms with Crippen molar-refractivity contribution in [3.05, 3.63) is 11.1 Å². The zero-order valence-electron chi connectivity index (χ0n) is 40.3. The monoisotopic (exact) mass is 870 g/mol. The van der Waals surface area contributed by atoms with Crippen molar-refractivity contribution >= 4 is 22.0 Å². The van der Waals surface area contributed by atoms with Crippen LogP contribution in [0.2, 0.25) is 0 Å². The molecule has 0 saturated heterocycles. The van der Waals surface area contributed by atoms with Crippen molar-refractivity contribution in [2.45, 2.75) is 258 Å². The Kier molecular flexibility index (Phi) is 41.5. The molecule has 0 aliphatic heterocycles. The summed E-state index contributed by atoms with van der Waals surface area (Å²) in [4.78, 5) is 29.4. The van der Waals surface area contributed by atoms with Gasteiger partial charge in [-0.2, -0.15) is 0 Å². The first kappa shape index (κ1) is 58.4. The summed E-state index contributed by atoms with van der Waals surface area (Å²) >= 11 is 0. The summed E-state index contributed by atoms with van der Waals surface area (Å²) in [5.41, 5.74) is 0.737. The van der Waals surface area contributed by atoms with Gasteiger partial charge in [-0.25, -0.2) is 13.6 Å². The van der Waals surface area contributed by atoms with Crippen LogP contribution >= 0.6 is 0 Å². The molecule has 60 heavy (non-hydrogen) atoms. The Morgan fingerprint density at radius 3 is 1.32 bits per heavy atom. The highest BCUT2D eigenvalue weighted by Crippen LogP contribution is 2.19. The number of primary sulfonamides is 1. The van der Waals surface area contributed by atoms with E-state index in [1.165, 1.54) is 115 Å². The van der Waals surface area contributed by atoms with E-state index in [-0.39, 0.29) is 18.0 Å². The lowest BCUT2D eigenvalue weighted by Crippen LogP contribution is -2.27. The van der Waals surface area contributed by atoms with Gasteiger partial charge in [0, 0.05) is 32.6 Å². The summed E-state index contributed by atoms with van der Waals surface area (Å²) < 4.78 is 34.9. The van der Waals surface area contributed by atoms with Gasteiger partial charge in [-0.1, -0.05) is 162 Å². The summed E-state index contributed by atoms with van der Waals surface area (Å²) in [6, 6.07) is 0.